The number of Topliss-reactive ketones (excluding diaryl/α,β-unsaturated/α-hetero) is 1. The third kappa shape index (κ3) is 2.17. The summed E-state index contributed by atoms with van der Waals surface area (Å²) in [7, 11) is -3.56. The molecule has 0 aromatic heterocycles. The van der Waals surface area contributed by atoms with Crippen LogP contribution < -0.4 is 0 Å². The largest absolute Gasteiger partial charge is 0.295 e. The summed E-state index contributed by atoms with van der Waals surface area (Å²) in [5.41, 5.74) is 0.162. The predicted molar refractivity (Wildman–Crippen MR) is 49.5 cm³/mol. The Bertz CT molecular complexity index is 477. The number of rotatable bonds is 2. The van der Waals surface area contributed by atoms with Crippen LogP contribution in [0.2, 0.25) is 0 Å². The average Bonchev–Trinajstić information content (AvgIpc) is 2.01. The molecule has 0 unspecified atom stereocenters. The molecule has 0 N–H and O–H groups in total. The molecule has 0 amide bonds. The van der Waals surface area contributed by atoms with Crippen LogP contribution in [0.1, 0.15) is 17.3 Å². The van der Waals surface area contributed by atoms with Gasteiger partial charge in [-0.2, -0.15) is 0 Å². The average molecular weight is 216 g/mol. The second-order valence-electron chi connectivity index (χ2n) is 2.97. The summed E-state index contributed by atoms with van der Waals surface area (Å²) in [4.78, 5) is 10.5. The van der Waals surface area contributed by atoms with Crippen LogP contribution in [0.3, 0.4) is 0 Å². The second kappa shape index (κ2) is 3.49. The summed E-state index contributed by atoms with van der Waals surface area (Å²) in [5, 5.41) is 0. The highest BCUT2D eigenvalue weighted by atomic mass is 32.2. The van der Waals surface area contributed by atoms with Crippen molar-refractivity contribution in [2.75, 3.05) is 6.26 Å². The van der Waals surface area contributed by atoms with Gasteiger partial charge in [0.05, 0.1) is 0 Å². The molecule has 0 saturated heterocycles. The smallest absolute Gasteiger partial charge is 0.178 e. The van der Waals surface area contributed by atoms with Crippen molar-refractivity contribution in [3.8, 4) is 0 Å². The van der Waals surface area contributed by atoms with Gasteiger partial charge in [-0.25, -0.2) is 12.8 Å². The molecule has 1 rings (SSSR count). The number of hydrogen-bond acceptors (Lipinski definition) is 3. The zero-order valence-corrected chi connectivity index (χ0v) is 8.56. The maximum absolute atomic E-state index is 13.2. The Kier molecular flexibility index (Phi) is 2.71. The van der Waals surface area contributed by atoms with Crippen LogP contribution in [0.5, 0.6) is 0 Å². The maximum Gasteiger partial charge on any atom is 0.178 e. The molecule has 76 valence electrons. The number of benzene rings is 1. The minimum atomic E-state index is -3.56. The van der Waals surface area contributed by atoms with Crippen molar-refractivity contribution in [1.29, 1.82) is 0 Å². The molecule has 0 atom stereocenters. The van der Waals surface area contributed by atoms with Crippen molar-refractivity contribution >= 4 is 15.6 Å². The molecule has 1 aromatic carbocycles. The molecule has 0 aliphatic carbocycles. The monoisotopic (exact) mass is 216 g/mol. The molecule has 14 heavy (non-hydrogen) atoms. The summed E-state index contributed by atoms with van der Waals surface area (Å²) < 4.78 is 35.2. The van der Waals surface area contributed by atoms with Crippen LogP contribution in [0, 0.1) is 5.82 Å². The molecule has 3 nitrogen and oxygen atoms in total. The number of hydrogen-bond donors (Lipinski definition) is 0. The lowest BCUT2D eigenvalue weighted by Crippen LogP contribution is -2.02. The predicted octanol–water partition coefficient (Wildman–Crippen LogP) is 1.43. The zero-order chi connectivity index (χ0) is 10.9. The van der Waals surface area contributed by atoms with Crippen molar-refractivity contribution in [3.63, 3.8) is 0 Å². The molecular weight excluding hydrogens is 207 g/mol. The van der Waals surface area contributed by atoms with Crippen molar-refractivity contribution < 1.29 is 17.6 Å². The normalized spacial score (nSPS) is 11.4. The summed E-state index contributed by atoms with van der Waals surface area (Å²) in [6, 6.07) is 3.32. The van der Waals surface area contributed by atoms with Crippen LogP contribution in [0.15, 0.2) is 23.1 Å². The first kappa shape index (κ1) is 10.8. The quantitative estimate of drug-likeness (QED) is 0.703. The molecule has 0 fully saturated rings. The van der Waals surface area contributed by atoms with E-state index in [4.69, 9.17) is 0 Å². The van der Waals surface area contributed by atoms with Gasteiger partial charge in [-0.1, -0.05) is 0 Å². The van der Waals surface area contributed by atoms with E-state index in [-0.39, 0.29) is 16.2 Å². The third-order valence-corrected chi connectivity index (χ3v) is 2.87. The fourth-order valence-electron chi connectivity index (χ4n) is 1.02. The number of ketones is 1. The van der Waals surface area contributed by atoms with E-state index in [0.717, 1.165) is 18.4 Å². The highest BCUT2D eigenvalue weighted by Crippen LogP contribution is 2.15. The van der Waals surface area contributed by atoms with Gasteiger partial charge in [0, 0.05) is 11.8 Å². The summed E-state index contributed by atoms with van der Waals surface area (Å²) in [6.45, 7) is 1.29. The van der Waals surface area contributed by atoms with Gasteiger partial charge in [0.15, 0.2) is 15.6 Å². The van der Waals surface area contributed by atoms with Crippen LogP contribution in [0.25, 0.3) is 0 Å². The highest BCUT2D eigenvalue weighted by molar-refractivity contribution is 7.90. The lowest BCUT2D eigenvalue weighted by atomic mass is 10.1. The lowest BCUT2D eigenvalue weighted by Gasteiger charge is -2.01. The first-order chi connectivity index (χ1) is 6.32. The summed E-state index contributed by atoms with van der Waals surface area (Å²) >= 11 is 0. The number of sulfone groups is 1. The molecule has 0 saturated carbocycles. The van der Waals surface area contributed by atoms with Crippen molar-refractivity contribution in [2.45, 2.75) is 11.8 Å². The maximum atomic E-state index is 13.2. The fourth-order valence-corrected chi connectivity index (χ4v) is 1.75. The zero-order valence-electron chi connectivity index (χ0n) is 7.74. The van der Waals surface area contributed by atoms with Crippen LogP contribution in [-0.4, -0.2) is 20.5 Å². The van der Waals surface area contributed by atoms with Crippen molar-refractivity contribution in [1.82, 2.24) is 0 Å². The Labute approximate surface area is 81.5 Å². The van der Waals surface area contributed by atoms with Gasteiger partial charge in [0.2, 0.25) is 0 Å². The molecule has 0 aliphatic rings. The Morgan fingerprint density at radius 1 is 1.36 bits per heavy atom. The van der Waals surface area contributed by atoms with E-state index in [1.165, 1.54) is 13.0 Å². The number of carbonyl (C=O) groups excluding carboxylic acids is 1. The van der Waals surface area contributed by atoms with Crippen LogP contribution in [-0.2, 0) is 9.84 Å². The van der Waals surface area contributed by atoms with E-state index in [1.807, 2.05) is 0 Å². The van der Waals surface area contributed by atoms with E-state index in [1.54, 1.807) is 0 Å². The van der Waals surface area contributed by atoms with Gasteiger partial charge < -0.3 is 0 Å². The molecule has 0 heterocycles. The van der Waals surface area contributed by atoms with E-state index < -0.39 is 15.7 Å². The highest BCUT2D eigenvalue weighted by Gasteiger charge is 2.14. The molecule has 0 spiro atoms. The van der Waals surface area contributed by atoms with Gasteiger partial charge >= 0.3 is 0 Å². The summed E-state index contributed by atoms with van der Waals surface area (Å²) in [5.74, 6) is -1.19. The minimum Gasteiger partial charge on any atom is -0.295 e. The number of halogens is 1. The van der Waals surface area contributed by atoms with Crippen molar-refractivity contribution in [2.24, 2.45) is 0 Å². The minimum absolute atomic E-state index is 0.162. The Hall–Kier alpha value is -1.23. The molecule has 0 bridgehead atoms. The van der Waals surface area contributed by atoms with E-state index in [2.05, 4.69) is 0 Å². The summed E-state index contributed by atoms with van der Waals surface area (Å²) in [6.07, 6.45) is 0.916. The molecule has 0 aliphatic heterocycles. The molecule has 0 radical (unpaired) electrons. The molecular formula is C9H9FO3S. The third-order valence-electron chi connectivity index (χ3n) is 1.74. The van der Waals surface area contributed by atoms with Gasteiger partial charge in [-0.3, -0.25) is 4.79 Å². The second-order valence-corrected chi connectivity index (χ2v) is 4.96. The topological polar surface area (TPSA) is 51.2 Å². The first-order valence-corrected chi connectivity index (χ1v) is 5.72. The Morgan fingerprint density at radius 2 is 1.93 bits per heavy atom. The molecule has 5 heteroatoms. The Balaban J connectivity index is 3.35. The SMILES string of the molecule is CC(=O)c1ccc(S(C)(=O)=O)c(F)c1. The van der Waals surface area contributed by atoms with E-state index >= 15 is 0 Å². The standard InChI is InChI=1S/C9H9FO3S/c1-6(11)7-3-4-9(8(10)5-7)14(2,12)13/h3-5H,1-2H3. The van der Waals surface area contributed by atoms with Gasteiger partial charge in [0.25, 0.3) is 0 Å². The van der Waals surface area contributed by atoms with Gasteiger partial charge in [-0.15, -0.1) is 0 Å². The van der Waals surface area contributed by atoms with E-state index in [0.29, 0.717) is 0 Å². The van der Waals surface area contributed by atoms with Gasteiger partial charge in [-0.05, 0) is 25.1 Å². The van der Waals surface area contributed by atoms with Crippen LogP contribution in [0.4, 0.5) is 4.39 Å². The van der Waals surface area contributed by atoms with E-state index in [9.17, 15) is 17.6 Å². The van der Waals surface area contributed by atoms with Crippen molar-refractivity contribution in [3.05, 3.63) is 29.6 Å². The van der Waals surface area contributed by atoms with Crippen LogP contribution >= 0.6 is 0 Å². The fraction of sp³-hybridized carbons (Fsp3) is 0.222. The van der Waals surface area contributed by atoms with Gasteiger partial charge in [0.1, 0.15) is 10.7 Å². The lowest BCUT2D eigenvalue weighted by molar-refractivity contribution is 0.101. The number of carbonyl (C=O) groups is 1. The Morgan fingerprint density at radius 3 is 2.29 bits per heavy atom. The first-order valence-electron chi connectivity index (χ1n) is 3.83. The molecule has 1 aromatic rings.